The molecule has 0 amide bonds. The summed E-state index contributed by atoms with van der Waals surface area (Å²) in [7, 11) is -1.60. The summed E-state index contributed by atoms with van der Waals surface area (Å²) in [6.07, 6.45) is 4.60. The number of hydrogen-bond donors (Lipinski definition) is 2. The van der Waals surface area contributed by atoms with Gasteiger partial charge >= 0.3 is 0 Å². The van der Waals surface area contributed by atoms with Gasteiger partial charge in [0.25, 0.3) is 0 Å². The molecule has 146 valence electrons. The lowest BCUT2D eigenvalue weighted by Gasteiger charge is -2.27. The number of guanidine groups is 1. The van der Waals surface area contributed by atoms with Crippen molar-refractivity contribution in [3.05, 3.63) is 30.3 Å². The number of aliphatic imine (C=N–C) groups is 1. The van der Waals surface area contributed by atoms with Gasteiger partial charge in [-0.1, -0.05) is 31.5 Å². The maximum Gasteiger partial charge on any atom is 0.191 e. The largest absolute Gasteiger partial charge is 0.355 e. The van der Waals surface area contributed by atoms with E-state index in [0.29, 0.717) is 17.3 Å². The lowest BCUT2D eigenvalue weighted by Crippen LogP contribution is -2.48. The molecule has 1 aliphatic heterocycles. The minimum Gasteiger partial charge on any atom is -0.355 e. The van der Waals surface area contributed by atoms with E-state index in [-0.39, 0.29) is 11.8 Å². The van der Waals surface area contributed by atoms with Crippen LogP contribution in [0.5, 0.6) is 0 Å². The Bertz CT molecular complexity index is 655. The molecule has 1 aromatic carbocycles. The SMILES string of the molecule is CCC(CS(=O)(=O)c1ccccc1)NC(=NC)NCCN1CCCCC1. The molecule has 7 heteroatoms. The van der Waals surface area contributed by atoms with Crippen LogP contribution < -0.4 is 10.6 Å². The van der Waals surface area contributed by atoms with Crippen LogP contribution in [0.2, 0.25) is 0 Å². The first kappa shape index (κ1) is 20.7. The smallest absolute Gasteiger partial charge is 0.191 e. The number of sulfone groups is 1. The summed E-state index contributed by atoms with van der Waals surface area (Å²) in [6.45, 7) is 6.11. The maximum absolute atomic E-state index is 12.6. The lowest BCUT2D eigenvalue weighted by atomic mass is 10.1. The zero-order valence-corrected chi connectivity index (χ0v) is 16.8. The van der Waals surface area contributed by atoms with Crippen molar-refractivity contribution in [2.24, 2.45) is 4.99 Å². The van der Waals surface area contributed by atoms with Crippen molar-refractivity contribution in [2.45, 2.75) is 43.5 Å². The quantitative estimate of drug-likeness (QED) is 0.532. The van der Waals surface area contributed by atoms with Gasteiger partial charge < -0.3 is 15.5 Å². The number of likely N-dealkylation sites (tertiary alicyclic amines) is 1. The number of benzene rings is 1. The monoisotopic (exact) mass is 380 g/mol. The minimum atomic E-state index is -3.32. The first-order chi connectivity index (χ1) is 12.5. The van der Waals surface area contributed by atoms with E-state index in [0.717, 1.165) is 13.1 Å². The molecule has 0 saturated carbocycles. The van der Waals surface area contributed by atoms with Crippen molar-refractivity contribution in [1.82, 2.24) is 15.5 Å². The van der Waals surface area contributed by atoms with Crippen LogP contribution in [-0.2, 0) is 9.84 Å². The standard InChI is InChI=1S/C19H32N4O2S/c1-3-17(16-26(24,25)18-10-6-4-7-11-18)22-19(20-2)21-12-15-23-13-8-5-9-14-23/h4,6-7,10-11,17H,3,5,8-9,12-16H2,1-2H3,(H2,20,21,22). The predicted molar refractivity (Wildman–Crippen MR) is 107 cm³/mol. The van der Waals surface area contributed by atoms with Crippen molar-refractivity contribution in [3.8, 4) is 0 Å². The molecule has 6 nitrogen and oxygen atoms in total. The van der Waals surface area contributed by atoms with Crippen LogP contribution in [0, 0.1) is 0 Å². The third-order valence-corrected chi connectivity index (χ3v) is 6.58. The molecule has 26 heavy (non-hydrogen) atoms. The van der Waals surface area contributed by atoms with E-state index in [1.807, 2.05) is 13.0 Å². The van der Waals surface area contributed by atoms with Crippen molar-refractivity contribution in [1.29, 1.82) is 0 Å². The van der Waals surface area contributed by atoms with Crippen LogP contribution in [0.15, 0.2) is 40.2 Å². The normalized spacial score (nSPS) is 17.7. The third-order valence-electron chi connectivity index (χ3n) is 4.75. The second-order valence-corrected chi connectivity index (χ2v) is 8.78. The molecular weight excluding hydrogens is 348 g/mol. The van der Waals surface area contributed by atoms with Crippen LogP contribution in [0.25, 0.3) is 0 Å². The predicted octanol–water partition coefficient (Wildman–Crippen LogP) is 1.89. The first-order valence-electron chi connectivity index (χ1n) is 9.52. The molecule has 1 unspecified atom stereocenters. The second kappa shape index (κ2) is 10.5. The van der Waals surface area contributed by atoms with Crippen LogP contribution in [0.4, 0.5) is 0 Å². The molecule has 0 aromatic heterocycles. The summed E-state index contributed by atoms with van der Waals surface area (Å²) in [5.41, 5.74) is 0. The van der Waals surface area contributed by atoms with Crippen molar-refractivity contribution in [2.75, 3.05) is 39.0 Å². The molecule has 1 atom stereocenters. The molecule has 1 saturated heterocycles. The highest BCUT2D eigenvalue weighted by molar-refractivity contribution is 7.91. The molecule has 1 aromatic rings. The van der Waals surface area contributed by atoms with E-state index < -0.39 is 9.84 Å². The Kier molecular flexibility index (Phi) is 8.38. The Labute approximate surface area is 158 Å². The van der Waals surface area contributed by atoms with Gasteiger partial charge in [-0.2, -0.15) is 0 Å². The van der Waals surface area contributed by atoms with Gasteiger partial charge in [-0.25, -0.2) is 8.42 Å². The highest BCUT2D eigenvalue weighted by Crippen LogP contribution is 2.12. The lowest BCUT2D eigenvalue weighted by molar-refractivity contribution is 0.232. The van der Waals surface area contributed by atoms with E-state index in [1.165, 1.54) is 32.4 Å². The Morgan fingerprint density at radius 2 is 1.88 bits per heavy atom. The molecule has 2 rings (SSSR count). The number of hydrogen-bond acceptors (Lipinski definition) is 4. The second-order valence-electron chi connectivity index (χ2n) is 6.75. The fraction of sp³-hybridized carbons (Fsp3) is 0.632. The van der Waals surface area contributed by atoms with Gasteiger partial charge in [0, 0.05) is 26.2 Å². The zero-order chi connectivity index (χ0) is 18.8. The molecule has 1 aliphatic rings. The molecule has 0 spiro atoms. The Hall–Kier alpha value is -1.60. The van der Waals surface area contributed by atoms with Crippen LogP contribution >= 0.6 is 0 Å². The van der Waals surface area contributed by atoms with E-state index in [9.17, 15) is 8.42 Å². The molecule has 1 heterocycles. The fourth-order valence-electron chi connectivity index (χ4n) is 3.15. The molecule has 0 bridgehead atoms. The summed E-state index contributed by atoms with van der Waals surface area (Å²) >= 11 is 0. The van der Waals surface area contributed by atoms with Gasteiger partial charge in [-0.05, 0) is 44.5 Å². The Balaban J connectivity index is 1.84. The summed E-state index contributed by atoms with van der Waals surface area (Å²) in [5.74, 6) is 0.720. The molecule has 1 fully saturated rings. The highest BCUT2D eigenvalue weighted by Gasteiger charge is 2.21. The molecular formula is C19H32N4O2S. The van der Waals surface area contributed by atoms with Crippen LogP contribution in [-0.4, -0.2) is 64.3 Å². The summed E-state index contributed by atoms with van der Waals surface area (Å²) < 4.78 is 25.2. The van der Waals surface area contributed by atoms with E-state index >= 15 is 0 Å². The van der Waals surface area contributed by atoms with Gasteiger partial charge in [0.2, 0.25) is 0 Å². The van der Waals surface area contributed by atoms with Gasteiger partial charge in [-0.3, -0.25) is 4.99 Å². The van der Waals surface area contributed by atoms with E-state index in [2.05, 4.69) is 20.5 Å². The summed E-state index contributed by atoms with van der Waals surface area (Å²) in [4.78, 5) is 7.07. The number of rotatable bonds is 8. The van der Waals surface area contributed by atoms with Gasteiger partial charge in [0.15, 0.2) is 15.8 Å². The first-order valence-corrected chi connectivity index (χ1v) is 11.2. The highest BCUT2D eigenvalue weighted by atomic mass is 32.2. The average Bonchev–Trinajstić information content (AvgIpc) is 2.67. The number of piperidine rings is 1. The molecule has 2 N–H and O–H groups in total. The summed E-state index contributed by atoms with van der Waals surface area (Å²) in [6, 6.07) is 8.44. The summed E-state index contributed by atoms with van der Waals surface area (Å²) in [5, 5.41) is 6.57. The molecule has 0 radical (unpaired) electrons. The Morgan fingerprint density at radius 1 is 1.19 bits per heavy atom. The minimum absolute atomic E-state index is 0.0559. The molecule has 0 aliphatic carbocycles. The number of nitrogens with one attached hydrogen (secondary N) is 2. The number of nitrogens with zero attached hydrogens (tertiary/aromatic N) is 2. The topological polar surface area (TPSA) is 73.8 Å². The van der Waals surface area contributed by atoms with Gasteiger partial charge in [0.05, 0.1) is 10.6 Å². The average molecular weight is 381 g/mol. The maximum atomic E-state index is 12.6. The van der Waals surface area contributed by atoms with Crippen molar-refractivity contribution < 1.29 is 8.42 Å². The van der Waals surface area contributed by atoms with Crippen molar-refractivity contribution >= 4 is 15.8 Å². The Morgan fingerprint density at radius 3 is 2.50 bits per heavy atom. The fourth-order valence-corrected chi connectivity index (χ4v) is 4.77. The zero-order valence-electron chi connectivity index (χ0n) is 15.9. The van der Waals surface area contributed by atoms with E-state index in [4.69, 9.17) is 0 Å². The van der Waals surface area contributed by atoms with Gasteiger partial charge in [0.1, 0.15) is 0 Å². The third kappa shape index (κ3) is 6.61. The van der Waals surface area contributed by atoms with Crippen LogP contribution in [0.1, 0.15) is 32.6 Å². The van der Waals surface area contributed by atoms with Gasteiger partial charge in [-0.15, -0.1) is 0 Å². The van der Waals surface area contributed by atoms with Crippen LogP contribution in [0.3, 0.4) is 0 Å². The van der Waals surface area contributed by atoms with Crippen molar-refractivity contribution in [3.63, 3.8) is 0 Å². The van der Waals surface area contributed by atoms with E-state index in [1.54, 1.807) is 31.3 Å².